The zero-order valence-electron chi connectivity index (χ0n) is 13.1. The summed E-state index contributed by atoms with van der Waals surface area (Å²) in [4.78, 5) is 20.2. The van der Waals surface area contributed by atoms with Gasteiger partial charge in [0.25, 0.3) is 0 Å². The van der Waals surface area contributed by atoms with Crippen molar-refractivity contribution in [2.45, 2.75) is 25.0 Å². The number of unbranched alkanes of at least 4 members (excludes halogenated alkanes) is 1. The van der Waals surface area contributed by atoms with E-state index in [1.165, 1.54) is 42.4 Å². The van der Waals surface area contributed by atoms with Gasteiger partial charge in [0.15, 0.2) is 0 Å². The molecule has 0 fully saturated rings. The van der Waals surface area contributed by atoms with E-state index >= 15 is 0 Å². The van der Waals surface area contributed by atoms with Crippen LogP contribution < -0.4 is 10.2 Å². The minimum Gasteiger partial charge on any atom is -0.545 e. The molecule has 5 heteroatoms. The van der Waals surface area contributed by atoms with Gasteiger partial charge in [-0.05, 0) is 11.1 Å². The van der Waals surface area contributed by atoms with Crippen LogP contribution in [-0.2, 0) is 0 Å². The average molecular weight is 326 g/mol. The van der Waals surface area contributed by atoms with Gasteiger partial charge in [0.1, 0.15) is 0 Å². The third-order valence-corrected chi connectivity index (χ3v) is 2.98. The van der Waals surface area contributed by atoms with Crippen LogP contribution in [0.3, 0.4) is 0 Å². The number of carboxylic acid groups (broad SMARTS) is 2. The second-order valence-corrected chi connectivity index (χ2v) is 5.03. The number of benzene rings is 2. The summed E-state index contributed by atoms with van der Waals surface area (Å²) in [6.45, 7) is 2.20. The van der Waals surface area contributed by atoms with E-state index in [0.29, 0.717) is 0 Å². The van der Waals surface area contributed by atoms with Gasteiger partial charge >= 0.3 is 41.3 Å². The van der Waals surface area contributed by atoms with Crippen molar-refractivity contribution in [1.82, 2.24) is 0 Å². The molecule has 23 heavy (non-hydrogen) atoms. The fourth-order valence-electron chi connectivity index (χ4n) is 1.35. The molecule has 0 unspecified atom stereocenters. The molecular formula is C18H19AlO4. The van der Waals surface area contributed by atoms with E-state index in [4.69, 9.17) is 0 Å². The molecule has 0 saturated heterocycles. The van der Waals surface area contributed by atoms with E-state index in [1.54, 1.807) is 36.4 Å². The first-order chi connectivity index (χ1) is 11.0. The standard InChI is InChI=1S/2C7H6O2.C4H9.Al/c2*8-7(9)6-4-2-1-3-5-6;1-3-4-2;/h2*1-5H,(H,8,9);1,3-4H2,2H3;/q;;;+2/p-2. The molecule has 0 aliphatic rings. The van der Waals surface area contributed by atoms with E-state index in [1.807, 2.05) is 0 Å². The number of carbonyl (C=O) groups is 2. The molecular weight excluding hydrogens is 307 g/mol. The summed E-state index contributed by atoms with van der Waals surface area (Å²) in [6, 6.07) is 16.1. The minimum atomic E-state index is -1.13. The maximum absolute atomic E-state index is 10.1. The zero-order chi connectivity index (χ0) is 17.5. The van der Waals surface area contributed by atoms with Gasteiger partial charge in [0, 0.05) is 0 Å². The third kappa shape index (κ3) is 11.2. The zero-order valence-corrected chi connectivity index (χ0v) is 14.3. The first-order valence-electron chi connectivity index (χ1n) is 7.25. The molecule has 0 aliphatic heterocycles. The summed E-state index contributed by atoms with van der Waals surface area (Å²) >= 11 is 2.70. The number of carboxylic acids is 2. The first kappa shape index (κ1) is 20.9. The van der Waals surface area contributed by atoms with E-state index in [2.05, 4.69) is 23.2 Å². The molecule has 0 aliphatic carbocycles. The normalized spacial score (nSPS) is 8.83. The summed E-state index contributed by atoms with van der Waals surface area (Å²) in [5.74, 6) is -2.26. The van der Waals surface area contributed by atoms with Crippen LogP contribution in [0.25, 0.3) is 0 Å². The van der Waals surface area contributed by atoms with E-state index in [0.717, 1.165) is 0 Å². The summed E-state index contributed by atoms with van der Waals surface area (Å²) in [6.07, 6.45) is 2.67. The van der Waals surface area contributed by atoms with Crippen molar-refractivity contribution >= 4 is 28.2 Å². The number of carbonyl (C=O) groups excluding carboxylic acids is 2. The van der Waals surface area contributed by atoms with Crippen LogP contribution >= 0.6 is 0 Å². The molecule has 0 aromatic heterocycles. The second kappa shape index (κ2) is 13.6. The van der Waals surface area contributed by atoms with Gasteiger partial charge in [0.2, 0.25) is 0 Å². The van der Waals surface area contributed by atoms with Crippen molar-refractivity contribution in [3.8, 4) is 0 Å². The predicted octanol–water partition coefficient (Wildman–Crippen LogP) is 1.47. The van der Waals surface area contributed by atoms with Crippen molar-refractivity contribution in [1.29, 1.82) is 0 Å². The predicted molar refractivity (Wildman–Crippen MR) is 87.0 cm³/mol. The Bertz CT molecular complexity index is 504. The second-order valence-electron chi connectivity index (χ2n) is 4.45. The van der Waals surface area contributed by atoms with Crippen LogP contribution in [0.5, 0.6) is 0 Å². The smallest absolute Gasteiger partial charge is 0.0715 e. The number of aromatic carboxylic acids is 2. The Morgan fingerprint density at radius 1 is 0.826 bits per heavy atom. The third-order valence-electron chi connectivity index (χ3n) is 2.58. The van der Waals surface area contributed by atoms with Crippen LogP contribution in [0, 0.1) is 0 Å². The van der Waals surface area contributed by atoms with Gasteiger partial charge < -0.3 is 19.8 Å². The van der Waals surface area contributed by atoms with Crippen LogP contribution in [0.15, 0.2) is 60.7 Å². The fraction of sp³-hybridized carbons (Fsp3) is 0.222. The molecule has 118 valence electrons. The maximum atomic E-state index is 10.1. The first-order valence-corrected chi connectivity index (χ1v) is 8.07. The van der Waals surface area contributed by atoms with Crippen LogP contribution in [0.1, 0.15) is 40.5 Å². The van der Waals surface area contributed by atoms with Gasteiger partial charge in [-0.3, -0.25) is 0 Å². The van der Waals surface area contributed by atoms with E-state index in [-0.39, 0.29) is 11.1 Å². The van der Waals surface area contributed by atoms with Crippen molar-refractivity contribution < 1.29 is 19.8 Å². The van der Waals surface area contributed by atoms with Crippen molar-refractivity contribution in [3.05, 3.63) is 71.8 Å². The van der Waals surface area contributed by atoms with Gasteiger partial charge in [0.05, 0.1) is 11.9 Å². The topological polar surface area (TPSA) is 80.3 Å². The average Bonchev–Trinajstić information content (AvgIpc) is 2.58. The number of rotatable bonds is 4. The Labute approximate surface area is 145 Å². The fourth-order valence-corrected chi connectivity index (χ4v) is 1.76. The summed E-state index contributed by atoms with van der Waals surface area (Å²) in [5, 5.41) is 21.4. The Morgan fingerprint density at radius 3 is 1.30 bits per heavy atom. The van der Waals surface area contributed by atoms with Crippen LogP contribution in [-0.4, -0.2) is 28.2 Å². The Hall–Kier alpha value is -2.09. The molecule has 0 atom stereocenters. The monoisotopic (exact) mass is 326 g/mol. The Balaban J connectivity index is 0.000000332. The van der Waals surface area contributed by atoms with Crippen molar-refractivity contribution in [2.24, 2.45) is 0 Å². The minimum absolute atomic E-state index is 0.220. The molecule has 0 bridgehead atoms. The summed E-state index contributed by atoms with van der Waals surface area (Å²) in [5.41, 5.74) is 0.440. The summed E-state index contributed by atoms with van der Waals surface area (Å²) < 4.78 is 0. The van der Waals surface area contributed by atoms with Gasteiger partial charge in [-0.15, -0.1) is 0 Å². The Morgan fingerprint density at radius 2 is 1.17 bits per heavy atom. The molecule has 0 saturated carbocycles. The molecule has 2 rings (SSSR count). The number of hydrogen-bond acceptors (Lipinski definition) is 4. The quantitative estimate of drug-likeness (QED) is 0.797. The van der Waals surface area contributed by atoms with Gasteiger partial charge in [-0.1, -0.05) is 60.7 Å². The number of hydrogen-bond donors (Lipinski definition) is 0. The van der Waals surface area contributed by atoms with Crippen LogP contribution in [0.4, 0.5) is 0 Å². The molecule has 2 aromatic rings. The van der Waals surface area contributed by atoms with E-state index in [9.17, 15) is 19.8 Å². The molecule has 4 nitrogen and oxygen atoms in total. The maximum Gasteiger partial charge on any atom is 0.0715 e. The van der Waals surface area contributed by atoms with Crippen molar-refractivity contribution in [2.75, 3.05) is 0 Å². The molecule has 0 radical (unpaired) electrons. The van der Waals surface area contributed by atoms with E-state index < -0.39 is 11.9 Å². The van der Waals surface area contributed by atoms with Crippen molar-refractivity contribution in [3.63, 3.8) is 0 Å². The Kier molecular flexibility index (Phi) is 12.3. The molecule has 0 spiro atoms. The molecule has 0 N–H and O–H groups in total. The summed E-state index contributed by atoms with van der Waals surface area (Å²) in [7, 11) is 0. The van der Waals surface area contributed by atoms with Gasteiger partial charge in [-0.2, -0.15) is 0 Å². The molecule has 0 heterocycles. The molecule has 2 aromatic carbocycles. The van der Waals surface area contributed by atoms with Gasteiger partial charge in [-0.25, -0.2) is 0 Å². The largest absolute Gasteiger partial charge is 0.545 e. The molecule has 0 amide bonds. The SMILES string of the molecule is CCC[CH2][Al+2].O=C([O-])c1ccccc1.O=C([O-])c1ccccc1. The van der Waals surface area contributed by atoms with Crippen LogP contribution in [0.2, 0.25) is 5.28 Å².